The first-order chi connectivity index (χ1) is 6.59. The molecule has 0 aliphatic rings. The van der Waals surface area contributed by atoms with E-state index in [4.69, 9.17) is 21.1 Å². The molecule has 0 amide bonds. The van der Waals surface area contributed by atoms with Gasteiger partial charge in [0.1, 0.15) is 11.3 Å². The summed E-state index contributed by atoms with van der Waals surface area (Å²) >= 11 is 5.48. The summed E-state index contributed by atoms with van der Waals surface area (Å²) in [5.74, 6) is -0.389. The largest absolute Gasteiger partial charge is 0.508 e. The molecule has 0 aliphatic heterocycles. The molecule has 1 aromatic heterocycles. The molecule has 0 atom stereocenters. The fraction of sp³-hybridized carbons (Fsp3) is 0. The molecule has 2 aromatic rings. The topological polar surface area (TPSA) is 70.7 Å². The van der Waals surface area contributed by atoms with Crippen molar-refractivity contribution >= 4 is 22.6 Å². The Kier molecular flexibility index (Phi) is 1.86. The molecule has 2 N–H and O–H groups in total. The van der Waals surface area contributed by atoms with Crippen LogP contribution in [-0.2, 0) is 0 Å². The summed E-state index contributed by atoms with van der Waals surface area (Å²) < 4.78 is 4.75. The number of halogens is 1. The molecular formula is C9H5ClO4. The van der Waals surface area contributed by atoms with Gasteiger partial charge in [-0.15, -0.1) is 0 Å². The van der Waals surface area contributed by atoms with Crippen LogP contribution in [0.25, 0.3) is 11.0 Å². The lowest BCUT2D eigenvalue weighted by atomic mass is 10.2. The van der Waals surface area contributed by atoms with E-state index in [0.717, 1.165) is 0 Å². The van der Waals surface area contributed by atoms with Crippen LogP contribution in [0.3, 0.4) is 0 Å². The number of phenols is 1. The standard InChI is InChI=1S/C9H5ClO4/c10-7-8(12)5-2-1-4(11)3-6(5)14-9(7)13/h1-3,11-12H. The minimum absolute atomic E-state index is 0.0534. The second-order valence-electron chi connectivity index (χ2n) is 2.73. The van der Waals surface area contributed by atoms with Gasteiger partial charge in [0.15, 0.2) is 10.8 Å². The van der Waals surface area contributed by atoms with Crippen molar-refractivity contribution in [1.29, 1.82) is 0 Å². The van der Waals surface area contributed by atoms with E-state index in [0.29, 0.717) is 0 Å². The minimum atomic E-state index is -0.831. The zero-order chi connectivity index (χ0) is 10.3. The number of benzene rings is 1. The minimum Gasteiger partial charge on any atom is -0.508 e. The molecule has 0 unspecified atom stereocenters. The molecule has 1 aromatic carbocycles. The summed E-state index contributed by atoms with van der Waals surface area (Å²) in [6.45, 7) is 0. The van der Waals surface area contributed by atoms with Crippen LogP contribution in [0, 0.1) is 0 Å². The SMILES string of the molecule is O=c1oc2cc(O)ccc2c(O)c1Cl. The third kappa shape index (κ3) is 1.20. The fourth-order valence-corrected chi connectivity index (χ4v) is 1.29. The van der Waals surface area contributed by atoms with Crippen molar-refractivity contribution in [2.24, 2.45) is 0 Å². The predicted molar refractivity (Wildman–Crippen MR) is 50.8 cm³/mol. The first-order valence-corrected chi connectivity index (χ1v) is 4.11. The molecule has 2 rings (SSSR count). The van der Waals surface area contributed by atoms with E-state index in [9.17, 15) is 9.90 Å². The normalized spacial score (nSPS) is 10.6. The zero-order valence-corrected chi connectivity index (χ0v) is 7.58. The van der Waals surface area contributed by atoms with Crippen LogP contribution in [-0.4, -0.2) is 10.2 Å². The average Bonchev–Trinajstić information content (AvgIpc) is 2.14. The van der Waals surface area contributed by atoms with Gasteiger partial charge in [-0.05, 0) is 12.1 Å². The van der Waals surface area contributed by atoms with Crippen LogP contribution in [0.15, 0.2) is 27.4 Å². The maximum Gasteiger partial charge on any atom is 0.359 e. The molecule has 14 heavy (non-hydrogen) atoms. The van der Waals surface area contributed by atoms with Crippen molar-refractivity contribution in [3.8, 4) is 11.5 Å². The smallest absolute Gasteiger partial charge is 0.359 e. The van der Waals surface area contributed by atoms with Crippen molar-refractivity contribution in [1.82, 2.24) is 0 Å². The molecule has 0 aliphatic carbocycles. The van der Waals surface area contributed by atoms with Crippen LogP contribution < -0.4 is 5.63 Å². The van der Waals surface area contributed by atoms with Crippen LogP contribution in [0.5, 0.6) is 11.5 Å². The highest BCUT2D eigenvalue weighted by Gasteiger charge is 2.11. The van der Waals surface area contributed by atoms with Gasteiger partial charge >= 0.3 is 5.63 Å². The van der Waals surface area contributed by atoms with Crippen molar-refractivity contribution in [3.05, 3.63) is 33.6 Å². The van der Waals surface area contributed by atoms with Gasteiger partial charge in [0, 0.05) is 6.07 Å². The summed E-state index contributed by atoms with van der Waals surface area (Å²) in [5, 5.41) is 18.5. The molecule has 5 heteroatoms. The quantitative estimate of drug-likeness (QED) is 0.654. The average molecular weight is 213 g/mol. The van der Waals surface area contributed by atoms with Gasteiger partial charge in [0.05, 0.1) is 5.39 Å². The number of hydrogen-bond acceptors (Lipinski definition) is 4. The molecule has 0 radical (unpaired) electrons. The summed E-state index contributed by atoms with van der Waals surface area (Å²) in [4.78, 5) is 11.0. The Bertz CT molecular complexity index is 558. The van der Waals surface area contributed by atoms with E-state index in [-0.39, 0.29) is 27.5 Å². The summed E-state index contributed by atoms with van der Waals surface area (Å²) in [6, 6.07) is 4.00. The maximum atomic E-state index is 11.0. The Morgan fingerprint density at radius 2 is 2.00 bits per heavy atom. The predicted octanol–water partition coefficient (Wildman–Crippen LogP) is 1.86. The van der Waals surface area contributed by atoms with Crippen molar-refractivity contribution < 1.29 is 14.6 Å². The molecule has 0 bridgehead atoms. The van der Waals surface area contributed by atoms with Crippen LogP contribution in [0.1, 0.15) is 0 Å². The Morgan fingerprint density at radius 1 is 1.29 bits per heavy atom. The number of hydrogen-bond donors (Lipinski definition) is 2. The van der Waals surface area contributed by atoms with Gasteiger partial charge in [-0.1, -0.05) is 11.6 Å². The number of rotatable bonds is 0. The molecule has 0 saturated carbocycles. The first kappa shape index (κ1) is 8.90. The Balaban J connectivity index is 2.98. The van der Waals surface area contributed by atoms with E-state index in [1.54, 1.807) is 0 Å². The van der Waals surface area contributed by atoms with Crippen LogP contribution >= 0.6 is 11.6 Å². The Labute approximate surface area is 83.0 Å². The second-order valence-corrected chi connectivity index (χ2v) is 3.11. The lowest BCUT2D eigenvalue weighted by Gasteiger charge is -2.00. The molecule has 0 saturated heterocycles. The number of phenolic OH excluding ortho intramolecular Hbond substituents is 1. The number of fused-ring (bicyclic) bond motifs is 1. The second kappa shape index (κ2) is 2.92. The van der Waals surface area contributed by atoms with E-state index < -0.39 is 5.63 Å². The van der Waals surface area contributed by atoms with Gasteiger partial charge in [-0.25, -0.2) is 4.79 Å². The molecule has 1 heterocycles. The van der Waals surface area contributed by atoms with Crippen molar-refractivity contribution in [2.75, 3.05) is 0 Å². The van der Waals surface area contributed by atoms with Crippen molar-refractivity contribution in [2.45, 2.75) is 0 Å². The third-order valence-corrected chi connectivity index (χ3v) is 2.14. The highest BCUT2D eigenvalue weighted by molar-refractivity contribution is 6.32. The molecule has 4 nitrogen and oxygen atoms in total. The lowest BCUT2D eigenvalue weighted by molar-refractivity contribution is 0.463. The lowest BCUT2D eigenvalue weighted by Crippen LogP contribution is -1.98. The maximum absolute atomic E-state index is 11.0. The van der Waals surface area contributed by atoms with E-state index >= 15 is 0 Å². The molecule has 0 spiro atoms. The zero-order valence-electron chi connectivity index (χ0n) is 6.82. The van der Waals surface area contributed by atoms with Gasteiger partial charge in [0.25, 0.3) is 0 Å². The summed E-state index contributed by atoms with van der Waals surface area (Å²) in [6.07, 6.45) is 0. The third-order valence-electron chi connectivity index (χ3n) is 1.81. The summed E-state index contributed by atoms with van der Waals surface area (Å²) in [7, 11) is 0. The monoisotopic (exact) mass is 212 g/mol. The van der Waals surface area contributed by atoms with Gasteiger partial charge < -0.3 is 14.6 Å². The van der Waals surface area contributed by atoms with Crippen LogP contribution in [0.2, 0.25) is 5.02 Å². The number of aromatic hydroxyl groups is 2. The highest BCUT2D eigenvalue weighted by Crippen LogP contribution is 2.30. The first-order valence-electron chi connectivity index (χ1n) is 3.74. The molecule has 72 valence electrons. The van der Waals surface area contributed by atoms with E-state index in [1.165, 1.54) is 18.2 Å². The highest BCUT2D eigenvalue weighted by atomic mass is 35.5. The summed E-state index contributed by atoms with van der Waals surface area (Å²) in [5.41, 5.74) is -0.737. The molecular weight excluding hydrogens is 208 g/mol. The van der Waals surface area contributed by atoms with Crippen molar-refractivity contribution in [3.63, 3.8) is 0 Å². The Hall–Kier alpha value is -1.68. The molecule has 0 fully saturated rings. The van der Waals surface area contributed by atoms with Gasteiger partial charge in [0.2, 0.25) is 0 Å². The van der Waals surface area contributed by atoms with Gasteiger partial charge in [-0.2, -0.15) is 0 Å². The van der Waals surface area contributed by atoms with Gasteiger partial charge in [-0.3, -0.25) is 0 Å². The Morgan fingerprint density at radius 3 is 2.71 bits per heavy atom. The fourth-order valence-electron chi connectivity index (χ4n) is 1.15. The van der Waals surface area contributed by atoms with E-state index in [2.05, 4.69) is 0 Å². The van der Waals surface area contributed by atoms with E-state index in [1.807, 2.05) is 0 Å². The van der Waals surface area contributed by atoms with Crippen LogP contribution in [0.4, 0.5) is 0 Å².